The van der Waals surface area contributed by atoms with Crippen LogP contribution in [0.4, 0.5) is 0 Å². The third-order valence-corrected chi connectivity index (χ3v) is 3.42. The van der Waals surface area contributed by atoms with Crippen LogP contribution in [0.1, 0.15) is 12.8 Å². The van der Waals surface area contributed by atoms with E-state index in [9.17, 15) is 28.8 Å². The van der Waals surface area contributed by atoms with Crippen molar-refractivity contribution in [1.82, 2.24) is 16.0 Å². The summed E-state index contributed by atoms with van der Waals surface area (Å²) in [4.78, 5) is 68.6. The number of rotatable bonds is 12. The van der Waals surface area contributed by atoms with Crippen LogP contribution in [0, 0.1) is 0 Å². The molecule has 0 heterocycles. The molecule has 0 aromatic rings. The Bertz CT molecular complexity index is 614. The lowest BCUT2D eigenvalue weighted by Crippen LogP contribution is -2.57. The Kier molecular flexibility index (Phi) is 10.4. The number of carbonyl (C=O) groups is 6. The SMILES string of the molecule is NCC(=O)NC(CC(N)=O)C(=O)NC(CC(=O)O)C(=O)NC(CS)C(=O)O. The fourth-order valence-electron chi connectivity index (χ4n) is 1.78. The van der Waals surface area contributed by atoms with Gasteiger partial charge >= 0.3 is 11.9 Å². The number of nitrogens with one attached hydrogen (secondary N) is 3. The summed E-state index contributed by atoms with van der Waals surface area (Å²) in [5.74, 6) is -7.09. The molecule has 0 aliphatic carbocycles. The van der Waals surface area contributed by atoms with Crippen LogP contribution >= 0.6 is 12.6 Å². The third kappa shape index (κ3) is 9.41. The zero-order valence-electron chi connectivity index (χ0n) is 14.0. The van der Waals surface area contributed by atoms with E-state index in [0.29, 0.717) is 0 Å². The highest BCUT2D eigenvalue weighted by atomic mass is 32.1. The number of hydrogen-bond donors (Lipinski definition) is 8. The van der Waals surface area contributed by atoms with Crippen molar-refractivity contribution in [2.24, 2.45) is 11.5 Å². The summed E-state index contributed by atoms with van der Waals surface area (Å²) >= 11 is 3.75. The number of carboxylic acid groups (broad SMARTS) is 2. The monoisotopic (exact) mass is 407 g/mol. The van der Waals surface area contributed by atoms with Gasteiger partial charge in [0.1, 0.15) is 18.1 Å². The number of primary amides is 1. The number of aliphatic carboxylic acids is 2. The van der Waals surface area contributed by atoms with Crippen LogP contribution in [-0.2, 0) is 28.8 Å². The van der Waals surface area contributed by atoms with Crippen molar-refractivity contribution >= 4 is 48.2 Å². The molecule has 9 N–H and O–H groups in total. The van der Waals surface area contributed by atoms with E-state index < -0.39 is 73.1 Å². The minimum atomic E-state index is -1.68. The van der Waals surface area contributed by atoms with E-state index in [-0.39, 0.29) is 5.75 Å². The molecule has 4 amide bonds. The van der Waals surface area contributed by atoms with Crippen LogP contribution in [0.3, 0.4) is 0 Å². The fourth-order valence-corrected chi connectivity index (χ4v) is 2.03. The van der Waals surface area contributed by atoms with Crippen LogP contribution in [-0.4, -0.2) is 76.2 Å². The molecule has 0 bridgehead atoms. The molecule has 0 aromatic heterocycles. The van der Waals surface area contributed by atoms with E-state index >= 15 is 0 Å². The van der Waals surface area contributed by atoms with Crippen LogP contribution in [0.5, 0.6) is 0 Å². The second kappa shape index (κ2) is 11.7. The van der Waals surface area contributed by atoms with Crippen molar-refractivity contribution in [3.05, 3.63) is 0 Å². The molecule has 0 spiro atoms. The molecule has 3 unspecified atom stereocenters. The van der Waals surface area contributed by atoms with Gasteiger partial charge in [-0.1, -0.05) is 0 Å². The molecule has 14 heteroatoms. The molecule has 0 rings (SSSR count). The number of hydrogen-bond acceptors (Lipinski definition) is 8. The number of carboxylic acids is 2. The van der Waals surface area contributed by atoms with E-state index in [1.165, 1.54) is 0 Å². The smallest absolute Gasteiger partial charge is 0.327 e. The lowest BCUT2D eigenvalue weighted by molar-refractivity contribution is -0.143. The first-order valence-electron chi connectivity index (χ1n) is 7.45. The largest absolute Gasteiger partial charge is 0.481 e. The van der Waals surface area contributed by atoms with Gasteiger partial charge in [-0.15, -0.1) is 0 Å². The van der Waals surface area contributed by atoms with Gasteiger partial charge in [-0.25, -0.2) is 4.79 Å². The second-order valence-corrected chi connectivity index (χ2v) is 5.60. The summed E-state index contributed by atoms with van der Waals surface area (Å²) in [7, 11) is 0. The first-order valence-corrected chi connectivity index (χ1v) is 8.09. The molecule has 3 atom stereocenters. The summed E-state index contributed by atoms with van der Waals surface area (Å²) < 4.78 is 0. The van der Waals surface area contributed by atoms with Gasteiger partial charge in [-0.2, -0.15) is 12.6 Å². The second-order valence-electron chi connectivity index (χ2n) is 5.24. The maximum atomic E-state index is 12.2. The highest BCUT2D eigenvalue weighted by molar-refractivity contribution is 7.80. The Labute approximate surface area is 158 Å². The average molecular weight is 407 g/mol. The zero-order chi connectivity index (χ0) is 21.1. The lowest BCUT2D eigenvalue weighted by Gasteiger charge is -2.22. The van der Waals surface area contributed by atoms with Crippen molar-refractivity contribution < 1.29 is 39.0 Å². The molecule has 0 aliphatic rings. The molecule has 13 nitrogen and oxygen atoms in total. The van der Waals surface area contributed by atoms with Gasteiger partial charge in [0.2, 0.25) is 23.6 Å². The normalized spacial score (nSPS) is 13.6. The first-order chi connectivity index (χ1) is 12.5. The summed E-state index contributed by atoms with van der Waals surface area (Å²) in [6.45, 7) is -0.496. The Hall–Kier alpha value is -2.87. The molecular weight excluding hydrogens is 386 g/mol. The van der Waals surface area contributed by atoms with Gasteiger partial charge in [0.15, 0.2) is 0 Å². The molecule has 0 saturated carbocycles. The lowest BCUT2D eigenvalue weighted by atomic mass is 10.1. The molecular formula is C13H21N5O8S. The zero-order valence-corrected chi connectivity index (χ0v) is 14.9. The minimum absolute atomic E-state index is 0.286. The van der Waals surface area contributed by atoms with Gasteiger partial charge in [0, 0.05) is 5.75 Å². The maximum absolute atomic E-state index is 12.2. The minimum Gasteiger partial charge on any atom is -0.481 e. The van der Waals surface area contributed by atoms with Crippen molar-refractivity contribution in [2.75, 3.05) is 12.3 Å². The number of nitrogens with two attached hydrogens (primary N) is 2. The summed E-state index contributed by atoms with van der Waals surface area (Å²) in [6, 6.07) is -4.60. The van der Waals surface area contributed by atoms with Crippen LogP contribution in [0.2, 0.25) is 0 Å². The van der Waals surface area contributed by atoms with E-state index in [1.807, 2.05) is 10.6 Å². The number of thiol groups is 1. The van der Waals surface area contributed by atoms with Crippen LogP contribution in [0.15, 0.2) is 0 Å². The Morgan fingerprint density at radius 3 is 1.70 bits per heavy atom. The van der Waals surface area contributed by atoms with Crippen molar-refractivity contribution in [2.45, 2.75) is 31.0 Å². The molecule has 0 aliphatic heterocycles. The Balaban J connectivity index is 5.32. The maximum Gasteiger partial charge on any atom is 0.327 e. The standard InChI is InChI=1S/C13H21N5O8S/c14-3-9(20)16-5(1-8(15)19)11(23)17-6(2-10(21)22)12(24)18-7(4-27)13(25)26/h5-7,27H,1-4,14H2,(H2,15,19)(H,16,20)(H,17,23)(H,18,24)(H,21,22)(H,25,26). The van der Waals surface area contributed by atoms with Gasteiger partial charge in [-0.05, 0) is 0 Å². The molecule has 0 fully saturated rings. The Morgan fingerprint density at radius 1 is 0.852 bits per heavy atom. The summed E-state index contributed by atoms with van der Waals surface area (Å²) in [6.07, 6.45) is -1.52. The topological polar surface area (TPSA) is 231 Å². The fraction of sp³-hybridized carbons (Fsp3) is 0.538. The molecule has 0 aromatic carbocycles. The van der Waals surface area contributed by atoms with Crippen molar-refractivity contribution in [3.63, 3.8) is 0 Å². The predicted molar refractivity (Wildman–Crippen MR) is 92.4 cm³/mol. The highest BCUT2D eigenvalue weighted by Crippen LogP contribution is 2.00. The van der Waals surface area contributed by atoms with Crippen molar-refractivity contribution in [3.8, 4) is 0 Å². The van der Waals surface area contributed by atoms with Gasteiger partial charge in [-0.3, -0.25) is 24.0 Å². The number of amides is 4. The quantitative estimate of drug-likeness (QED) is 0.146. The van der Waals surface area contributed by atoms with Crippen LogP contribution < -0.4 is 27.4 Å². The van der Waals surface area contributed by atoms with Gasteiger partial charge in [0.25, 0.3) is 0 Å². The first kappa shape index (κ1) is 24.1. The molecule has 0 saturated heterocycles. The molecule has 27 heavy (non-hydrogen) atoms. The van der Waals surface area contributed by atoms with E-state index in [2.05, 4.69) is 17.9 Å². The third-order valence-electron chi connectivity index (χ3n) is 3.05. The van der Waals surface area contributed by atoms with E-state index in [1.54, 1.807) is 0 Å². The van der Waals surface area contributed by atoms with Gasteiger partial charge in [0.05, 0.1) is 19.4 Å². The highest BCUT2D eigenvalue weighted by Gasteiger charge is 2.31. The van der Waals surface area contributed by atoms with Crippen LogP contribution in [0.25, 0.3) is 0 Å². The van der Waals surface area contributed by atoms with E-state index in [0.717, 1.165) is 0 Å². The van der Waals surface area contributed by atoms with Gasteiger partial charge < -0.3 is 37.6 Å². The Morgan fingerprint density at radius 2 is 1.33 bits per heavy atom. The molecule has 0 radical (unpaired) electrons. The van der Waals surface area contributed by atoms with Crippen molar-refractivity contribution in [1.29, 1.82) is 0 Å². The summed E-state index contributed by atoms with van der Waals surface area (Å²) in [5, 5.41) is 24.0. The number of carbonyl (C=O) groups excluding carboxylic acids is 4. The average Bonchev–Trinajstić information content (AvgIpc) is 2.56. The molecule has 152 valence electrons. The predicted octanol–water partition coefficient (Wildman–Crippen LogP) is -4.24. The summed E-state index contributed by atoms with van der Waals surface area (Å²) in [5.41, 5.74) is 10.1. The van der Waals surface area contributed by atoms with E-state index in [4.69, 9.17) is 21.7 Å².